The first-order chi connectivity index (χ1) is 15.3. The third-order valence-electron chi connectivity index (χ3n) is 6.19. The molecule has 4 rings (SSSR count). The lowest BCUT2D eigenvalue weighted by molar-refractivity contribution is -0.659. The summed E-state index contributed by atoms with van der Waals surface area (Å²) in [6, 6.07) is 20.3. The maximum atomic E-state index is 13.8. The number of hydrogen-bond acceptors (Lipinski definition) is 0. The highest BCUT2D eigenvalue weighted by Crippen LogP contribution is 2.37. The summed E-state index contributed by atoms with van der Waals surface area (Å²) >= 11 is 0. The third kappa shape index (κ3) is 4.00. The second-order valence-corrected chi connectivity index (χ2v) is 9.24. The molecule has 0 spiro atoms. The molecular formula is C29H32FN2+. The molecule has 0 aliphatic heterocycles. The zero-order valence-corrected chi connectivity index (χ0v) is 19.9. The topological polar surface area (TPSA) is 8.81 Å². The standard InChI is InChI=1S/C29H32FN2/c1-19(2)26-17-23(22-10-8-7-9-11-22)18-27(20(3)4)28(26)32-15-14-31(6)29(32)25-13-12-24(30)16-21(25)5/h7-20H,1-6H3/q+1. The Bertz CT molecular complexity index is 1220. The van der Waals surface area contributed by atoms with Crippen molar-refractivity contribution in [3.63, 3.8) is 0 Å². The number of rotatable bonds is 5. The van der Waals surface area contributed by atoms with Crippen LogP contribution in [0, 0.1) is 12.7 Å². The van der Waals surface area contributed by atoms with Crippen molar-refractivity contribution in [1.29, 1.82) is 0 Å². The predicted octanol–water partition coefficient (Wildman–Crippen LogP) is 7.33. The van der Waals surface area contributed by atoms with Crippen LogP contribution in [0.3, 0.4) is 0 Å². The molecule has 0 aliphatic carbocycles. The molecule has 0 amide bonds. The minimum Gasteiger partial charge on any atom is -0.232 e. The van der Waals surface area contributed by atoms with Crippen LogP contribution < -0.4 is 4.57 Å². The largest absolute Gasteiger partial charge is 0.294 e. The van der Waals surface area contributed by atoms with Gasteiger partial charge in [-0.2, -0.15) is 4.57 Å². The van der Waals surface area contributed by atoms with Gasteiger partial charge in [0, 0.05) is 11.1 Å². The molecule has 1 aromatic heterocycles. The molecule has 3 aromatic carbocycles. The van der Waals surface area contributed by atoms with Gasteiger partial charge in [0.1, 0.15) is 23.9 Å². The molecule has 0 N–H and O–H groups in total. The van der Waals surface area contributed by atoms with Gasteiger partial charge in [-0.3, -0.25) is 0 Å². The van der Waals surface area contributed by atoms with Gasteiger partial charge in [-0.15, -0.1) is 0 Å². The molecule has 0 saturated carbocycles. The highest BCUT2D eigenvalue weighted by Gasteiger charge is 2.27. The van der Waals surface area contributed by atoms with E-state index >= 15 is 0 Å². The Morgan fingerprint density at radius 1 is 0.812 bits per heavy atom. The maximum absolute atomic E-state index is 13.8. The summed E-state index contributed by atoms with van der Waals surface area (Å²) in [6.07, 6.45) is 4.21. The van der Waals surface area contributed by atoms with Crippen molar-refractivity contribution in [2.45, 2.75) is 46.5 Å². The highest BCUT2D eigenvalue weighted by atomic mass is 19.1. The quantitative estimate of drug-likeness (QED) is 0.295. The van der Waals surface area contributed by atoms with Crippen LogP contribution in [-0.4, -0.2) is 4.57 Å². The van der Waals surface area contributed by atoms with Gasteiger partial charge in [0.2, 0.25) is 0 Å². The molecule has 0 radical (unpaired) electrons. The minimum atomic E-state index is -0.204. The smallest absolute Gasteiger partial charge is 0.232 e. The highest BCUT2D eigenvalue weighted by molar-refractivity contribution is 5.71. The van der Waals surface area contributed by atoms with Gasteiger partial charge in [-0.1, -0.05) is 58.0 Å². The van der Waals surface area contributed by atoms with Gasteiger partial charge in [0.05, 0.1) is 12.6 Å². The summed E-state index contributed by atoms with van der Waals surface area (Å²) in [5.74, 6) is 1.55. The van der Waals surface area contributed by atoms with Crippen LogP contribution in [0.4, 0.5) is 4.39 Å². The van der Waals surface area contributed by atoms with Gasteiger partial charge in [-0.05, 0) is 65.8 Å². The molecule has 0 atom stereocenters. The molecule has 0 saturated heterocycles. The van der Waals surface area contributed by atoms with Crippen LogP contribution in [0.1, 0.15) is 56.2 Å². The molecule has 3 heteroatoms. The second kappa shape index (κ2) is 8.74. The first-order valence-electron chi connectivity index (χ1n) is 11.3. The number of aromatic nitrogens is 2. The van der Waals surface area contributed by atoms with Gasteiger partial charge in [-0.25, -0.2) is 8.96 Å². The third-order valence-corrected chi connectivity index (χ3v) is 6.19. The van der Waals surface area contributed by atoms with E-state index in [-0.39, 0.29) is 5.82 Å². The SMILES string of the molecule is Cc1cc(F)ccc1-c1n(-c2c(C(C)C)cc(-c3ccccc3)cc2C(C)C)cc[n+]1C. The number of benzene rings is 3. The maximum Gasteiger partial charge on any atom is 0.294 e. The van der Waals surface area contributed by atoms with Crippen molar-refractivity contribution in [2.24, 2.45) is 7.05 Å². The van der Waals surface area contributed by atoms with Gasteiger partial charge < -0.3 is 0 Å². The Balaban J connectivity index is 2.03. The molecule has 0 bridgehead atoms. The number of aryl methyl sites for hydroxylation is 2. The van der Waals surface area contributed by atoms with E-state index in [0.717, 1.165) is 17.0 Å². The summed E-state index contributed by atoms with van der Waals surface area (Å²) in [7, 11) is 2.05. The second-order valence-electron chi connectivity index (χ2n) is 9.24. The van der Waals surface area contributed by atoms with Crippen molar-refractivity contribution >= 4 is 0 Å². The fraction of sp³-hybridized carbons (Fsp3) is 0.276. The molecule has 164 valence electrons. The van der Waals surface area contributed by atoms with E-state index in [1.54, 1.807) is 12.1 Å². The van der Waals surface area contributed by atoms with Crippen molar-refractivity contribution in [3.8, 4) is 28.2 Å². The van der Waals surface area contributed by atoms with E-state index in [9.17, 15) is 4.39 Å². The van der Waals surface area contributed by atoms with Crippen LogP contribution in [-0.2, 0) is 7.05 Å². The lowest BCUT2D eigenvalue weighted by Gasteiger charge is -2.20. The number of imidazole rings is 1. The van der Waals surface area contributed by atoms with Crippen LogP contribution in [0.25, 0.3) is 28.2 Å². The summed E-state index contributed by atoms with van der Waals surface area (Å²) in [5, 5.41) is 0. The Hall–Kier alpha value is -3.20. The molecule has 0 aliphatic rings. The zero-order valence-electron chi connectivity index (χ0n) is 19.9. The van der Waals surface area contributed by atoms with Gasteiger partial charge in [0.15, 0.2) is 0 Å². The molecule has 1 heterocycles. The van der Waals surface area contributed by atoms with Gasteiger partial charge in [0.25, 0.3) is 5.82 Å². The lowest BCUT2D eigenvalue weighted by atomic mass is 9.88. The van der Waals surface area contributed by atoms with E-state index in [1.807, 2.05) is 13.0 Å². The van der Waals surface area contributed by atoms with E-state index in [2.05, 4.69) is 98.7 Å². The average molecular weight is 428 g/mol. The molecule has 32 heavy (non-hydrogen) atoms. The Morgan fingerprint density at radius 3 is 2.00 bits per heavy atom. The first-order valence-corrected chi connectivity index (χ1v) is 11.3. The van der Waals surface area contributed by atoms with E-state index < -0.39 is 0 Å². The lowest BCUT2D eigenvalue weighted by Crippen LogP contribution is -2.29. The summed E-state index contributed by atoms with van der Waals surface area (Å²) in [6.45, 7) is 11.0. The van der Waals surface area contributed by atoms with E-state index in [4.69, 9.17) is 0 Å². The van der Waals surface area contributed by atoms with Crippen LogP contribution in [0.5, 0.6) is 0 Å². The monoisotopic (exact) mass is 427 g/mol. The average Bonchev–Trinajstić information content (AvgIpc) is 3.14. The van der Waals surface area contributed by atoms with E-state index in [1.165, 1.54) is 27.9 Å². The fourth-order valence-electron chi connectivity index (χ4n) is 4.49. The van der Waals surface area contributed by atoms with E-state index in [0.29, 0.717) is 11.8 Å². The summed E-state index contributed by atoms with van der Waals surface area (Å²) in [4.78, 5) is 0. The summed E-state index contributed by atoms with van der Waals surface area (Å²) < 4.78 is 18.3. The predicted molar refractivity (Wildman–Crippen MR) is 131 cm³/mol. The molecule has 0 unspecified atom stereocenters. The molecular weight excluding hydrogens is 395 g/mol. The van der Waals surface area contributed by atoms with Crippen molar-refractivity contribution in [1.82, 2.24) is 4.57 Å². The van der Waals surface area contributed by atoms with Crippen LogP contribution in [0.15, 0.2) is 73.1 Å². The Kier molecular flexibility index (Phi) is 6.01. The number of hydrogen-bond donors (Lipinski definition) is 0. The van der Waals surface area contributed by atoms with Crippen molar-refractivity contribution < 1.29 is 8.96 Å². The van der Waals surface area contributed by atoms with Crippen molar-refractivity contribution in [3.05, 3.63) is 95.6 Å². The van der Waals surface area contributed by atoms with Crippen LogP contribution in [0.2, 0.25) is 0 Å². The number of nitrogens with zero attached hydrogens (tertiary/aromatic N) is 2. The molecule has 2 nitrogen and oxygen atoms in total. The Labute approximate surface area is 191 Å². The molecule has 0 fully saturated rings. The zero-order chi connectivity index (χ0) is 23.0. The fourth-order valence-corrected chi connectivity index (χ4v) is 4.49. The first kappa shape index (κ1) is 22.0. The van der Waals surface area contributed by atoms with Crippen LogP contribution >= 0.6 is 0 Å². The Morgan fingerprint density at radius 2 is 1.44 bits per heavy atom. The molecule has 4 aromatic rings. The van der Waals surface area contributed by atoms with Crippen molar-refractivity contribution in [2.75, 3.05) is 0 Å². The van der Waals surface area contributed by atoms with Gasteiger partial charge >= 0.3 is 0 Å². The normalized spacial score (nSPS) is 11.5. The number of halogens is 1. The minimum absolute atomic E-state index is 0.204. The summed E-state index contributed by atoms with van der Waals surface area (Å²) in [5.41, 5.74) is 8.30.